The van der Waals surface area contributed by atoms with Crippen molar-refractivity contribution < 1.29 is 9.18 Å². The van der Waals surface area contributed by atoms with Gasteiger partial charge >= 0.3 is 6.03 Å². The molecule has 0 spiro atoms. The third-order valence-electron chi connectivity index (χ3n) is 6.60. The summed E-state index contributed by atoms with van der Waals surface area (Å²) in [5, 5.41) is 2.99. The number of rotatable bonds is 11. The van der Waals surface area contributed by atoms with Crippen LogP contribution in [0.3, 0.4) is 0 Å². The Morgan fingerprint density at radius 2 is 1.61 bits per heavy atom. The predicted octanol–water partition coefficient (Wildman–Crippen LogP) is 6.52. The lowest BCUT2D eigenvalue weighted by Crippen LogP contribution is -2.47. The zero-order valence-corrected chi connectivity index (χ0v) is 22.1. The Morgan fingerprint density at radius 3 is 2.21 bits per heavy atom. The van der Waals surface area contributed by atoms with Crippen LogP contribution in [0.5, 0.6) is 0 Å². The molecule has 1 aromatic heterocycles. The van der Waals surface area contributed by atoms with Crippen LogP contribution in [-0.4, -0.2) is 40.2 Å². The number of hydrogen-bond acceptors (Lipinski definition) is 3. The average molecular weight is 514 g/mol. The largest absolute Gasteiger partial charge is 0.330 e. The fourth-order valence-electron chi connectivity index (χ4n) is 4.61. The number of halogens is 1. The van der Waals surface area contributed by atoms with Gasteiger partial charge in [-0.25, -0.2) is 9.78 Å². The molecule has 1 heterocycles. The second-order valence-corrected chi connectivity index (χ2v) is 10.1. The molecular weight excluding hydrogens is 477 g/mol. The molecule has 6 nitrogen and oxygen atoms in total. The number of nitrogens with zero attached hydrogens (tertiary/aromatic N) is 3. The molecule has 4 aromatic rings. The number of carbonyl (C=O) groups excluding carboxylic acids is 1. The summed E-state index contributed by atoms with van der Waals surface area (Å²) in [7, 11) is 0. The summed E-state index contributed by atoms with van der Waals surface area (Å²) >= 11 is 0. The first-order chi connectivity index (χ1) is 18.4. The third kappa shape index (κ3) is 6.47. The first-order valence-corrected chi connectivity index (χ1v) is 13.0. The van der Waals surface area contributed by atoms with E-state index in [0.29, 0.717) is 37.6 Å². The number of imidazole rings is 1. The van der Waals surface area contributed by atoms with Crippen molar-refractivity contribution in [2.75, 3.05) is 25.1 Å². The van der Waals surface area contributed by atoms with Crippen molar-refractivity contribution in [3.05, 3.63) is 109 Å². The lowest BCUT2D eigenvalue weighted by molar-refractivity contribution is 0.0833. The van der Waals surface area contributed by atoms with Gasteiger partial charge in [-0.15, -0.1) is 0 Å². The predicted molar refractivity (Wildman–Crippen MR) is 152 cm³/mol. The molecule has 0 bridgehead atoms. The van der Waals surface area contributed by atoms with Crippen LogP contribution in [0.25, 0.3) is 11.3 Å². The Kier molecular flexibility index (Phi) is 8.92. The summed E-state index contributed by atoms with van der Waals surface area (Å²) in [5.74, 6) is 0.635. The number of para-hydroxylation sites is 1. The van der Waals surface area contributed by atoms with Crippen molar-refractivity contribution in [3.63, 3.8) is 0 Å². The first kappa shape index (κ1) is 27.1. The van der Waals surface area contributed by atoms with Crippen LogP contribution < -0.4 is 11.1 Å². The van der Waals surface area contributed by atoms with E-state index in [4.69, 9.17) is 10.7 Å². The molecule has 7 heteroatoms. The number of urea groups is 1. The van der Waals surface area contributed by atoms with E-state index < -0.39 is 18.1 Å². The van der Waals surface area contributed by atoms with E-state index in [2.05, 4.69) is 17.4 Å². The van der Waals surface area contributed by atoms with E-state index in [-0.39, 0.29) is 6.03 Å². The fraction of sp³-hybridized carbons (Fsp3) is 0.290. The molecular formula is C31H36FN5O. The van der Waals surface area contributed by atoms with Gasteiger partial charge in [0.15, 0.2) is 0 Å². The number of benzene rings is 3. The van der Waals surface area contributed by atoms with Gasteiger partial charge in [0.1, 0.15) is 5.82 Å². The minimum Gasteiger partial charge on any atom is -0.330 e. The van der Waals surface area contributed by atoms with Crippen molar-refractivity contribution in [1.29, 1.82) is 0 Å². The van der Waals surface area contributed by atoms with Gasteiger partial charge in [-0.2, -0.15) is 0 Å². The summed E-state index contributed by atoms with van der Waals surface area (Å²) in [5.41, 5.74) is 8.44. The summed E-state index contributed by atoms with van der Waals surface area (Å²) in [6.07, 6.45) is 2.57. The molecule has 38 heavy (non-hydrogen) atoms. The minimum absolute atomic E-state index is 0.313. The van der Waals surface area contributed by atoms with Gasteiger partial charge in [-0.05, 0) is 30.7 Å². The number of nitrogens with one attached hydrogen (secondary N) is 1. The highest BCUT2D eigenvalue weighted by atomic mass is 19.1. The van der Waals surface area contributed by atoms with E-state index in [9.17, 15) is 9.18 Å². The van der Waals surface area contributed by atoms with Gasteiger partial charge in [0.2, 0.25) is 0 Å². The Morgan fingerprint density at radius 1 is 1.00 bits per heavy atom. The van der Waals surface area contributed by atoms with Crippen LogP contribution in [0.1, 0.15) is 37.7 Å². The highest BCUT2D eigenvalue weighted by Gasteiger charge is 2.41. The van der Waals surface area contributed by atoms with Gasteiger partial charge in [0, 0.05) is 36.0 Å². The number of aromatic nitrogens is 2. The Hall–Kier alpha value is -3.97. The fourth-order valence-corrected chi connectivity index (χ4v) is 4.61. The second kappa shape index (κ2) is 12.5. The molecule has 0 saturated heterocycles. The standard InChI is InChI=1S/C31H36FN5O/c1-31(2,23-32)28(37(20-12-19-33)30(38)34-26-17-10-5-11-18-26)29-35-27(25-15-8-4-9-16-25)22-36(29)21-24-13-6-3-7-14-24/h3-11,13-18,22,28H,12,19-21,23,33H2,1-2H3,(H,34,38)/t28-/m0/s1. The van der Waals surface area contributed by atoms with Crippen molar-refractivity contribution in [2.24, 2.45) is 11.1 Å². The van der Waals surface area contributed by atoms with E-state index in [1.807, 2.05) is 103 Å². The molecule has 0 fully saturated rings. The lowest BCUT2D eigenvalue weighted by atomic mass is 9.83. The van der Waals surface area contributed by atoms with Gasteiger partial charge in [0.05, 0.1) is 18.4 Å². The Labute approximate surface area is 224 Å². The van der Waals surface area contributed by atoms with Gasteiger partial charge in [-0.3, -0.25) is 4.39 Å². The van der Waals surface area contributed by atoms with Gasteiger partial charge in [-0.1, -0.05) is 92.7 Å². The van der Waals surface area contributed by atoms with Crippen LogP contribution in [0.15, 0.2) is 97.2 Å². The number of alkyl halides is 1. The number of nitrogens with two attached hydrogens (primary N) is 1. The molecule has 0 aliphatic rings. The molecule has 2 amide bonds. The maximum Gasteiger partial charge on any atom is 0.322 e. The smallest absolute Gasteiger partial charge is 0.322 e. The molecule has 3 aromatic carbocycles. The Balaban J connectivity index is 1.83. The van der Waals surface area contributed by atoms with Gasteiger partial charge < -0.3 is 20.5 Å². The molecule has 4 rings (SSSR count). The van der Waals surface area contributed by atoms with Gasteiger partial charge in [0.25, 0.3) is 0 Å². The van der Waals surface area contributed by atoms with Crippen LogP contribution in [0.4, 0.5) is 14.9 Å². The van der Waals surface area contributed by atoms with Crippen LogP contribution in [0, 0.1) is 5.41 Å². The quantitative estimate of drug-likeness (QED) is 0.240. The second-order valence-electron chi connectivity index (χ2n) is 10.1. The van der Waals surface area contributed by atoms with E-state index in [1.54, 1.807) is 4.90 Å². The lowest BCUT2D eigenvalue weighted by Gasteiger charge is -2.40. The SMILES string of the molecule is CC(C)(CF)[C@H](c1nc(-c2ccccc2)cn1Cc1ccccc1)N(CCCN)C(=O)Nc1ccccc1. The number of carbonyl (C=O) groups is 1. The molecule has 0 aliphatic carbocycles. The third-order valence-corrected chi connectivity index (χ3v) is 6.60. The van der Waals surface area contributed by atoms with E-state index in [0.717, 1.165) is 16.8 Å². The molecule has 198 valence electrons. The number of amides is 2. The summed E-state index contributed by atoms with van der Waals surface area (Å²) in [6.45, 7) is 4.36. The molecule has 0 aliphatic heterocycles. The van der Waals surface area contributed by atoms with Crippen molar-refractivity contribution >= 4 is 11.7 Å². The van der Waals surface area contributed by atoms with Crippen molar-refractivity contribution in [1.82, 2.24) is 14.5 Å². The summed E-state index contributed by atoms with van der Waals surface area (Å²) in [4.78, 5) is 20.5. The maximum absolute atomic E-state index is 14.7. The van der Waals surface area contributed by atoms with Crippen molar-refractivity contribution in [3.8, 4) is 11.3 Å². The average Bonchev–Trinajstić information content (AvgIpc) is 3.35. The minimum atomic E-state index is -0.920. The molecule has 0 saturated carbocycles. The zero-order valence-electron chi connectivity index (χ0n) is 22.1. The molecule has 0 radical (unpaired) electrons. The molecule has 3 N–H and O–H groups in total. The highest BCUT2D eigenvalue weighted by Crippen LogP contribution is 2.40. The first-order valence-electron chi connectivity index (χ1n) is 13.0. The van der Waals surface area contributed by atoms with Crippen LogP contribution in [0.2, 0.25) is 0 Å². The zero-order chi connectivity index (χ0) is 27.0. The van der Waals surface area contributed by atoms with Crippen LogP contribution >= 0.6 is 0 Å². The van der Waals surface area contributed by atoms with Crippen molar-refractivity contribution in [2.45, 2.75) is 32.9 Å². The number of anilines is 1. The molecule has 0 unspecified atom stereocenters. The Bertz CT molecular complexity index is 1290. The topological polar surface area (TPSA) is 76.2 Å². The number of hydrogen-bond donors (Lipinski definition) is 2. The normalized spacial score (nSPS) is 12.2. The molecule has 1 atom stereocenters. The highest BCUT2D eigenvalue weighted by molar-refractivity contribution is 5.89. The summed E-state index contributed by atoms with van der Waals surface area (Å²) in [6, 6.07) is 28.3. The van der Waals surface area contributed by atoms with E-state index >= 15 is 0 Å². The van der Waals surface area contributed by atoms with Crippen LogP contribution in [-0.2, 0) is 6.54 Å². The summed E-state index contributed by atoms with van der Waals surface area (Å²) < 4.78 is 16.8. The van der Waals surface area contributed by atoms with E-state index in [1.165, 1.54) is 0 Å². The monoisotopic (exact) mass is 513 g/mol. The maximum atomic E-state index is 14.7.